The molecule has 0 spiro atoms. The zero-order chi connectivity index (χ0) is 19.7. The Hall–Kier alpha value is -2.28. The van der Waals surface area contributed by atoms with Gasteiger partial charge in [0.25, 0.3) is 0 Å². The maximum absolute atomic E-state index is 12.7. The largest absolute Gasteiger partial charge is 0.337 e. The maximum Gasteiger partial charge on any atom is 0.322 e. The summed E-state index contributed by atoms with van der Waals surface area (Å²) in [5.41, 5.74) is 1.36. The van der Waals surface area contributed by atoms with E-state index in [-0.39, 0.29) is 12.1 Å². The van der Waals surface area contributed by atoms with Crippen LogP contribution in [0.25, 0.3) is 11.4 Å². The summed E-state index contributed by atoms with van der Waals surface area (Å²) in [5.74, 6) is 0.871. The Morgan fingerprint density at radius 2 is 1.89 bits per heavy atom. The molecule has 1 fully saturated rings. The highest BCUT2D eigenvalue weighted by Gasteiger charge is 2.34. The molecule has 2 aromatic carbocycles. The summed E-state index contributed by atoms with van der Waals surface area (Å²) in [4.78, 5) is 18.9. The van der Waals surface area contributed by atoms with Crippen LogP contribution in [-0.2, 0) is 0 Å². The van der Waals surface area contributed by atoms with Gasteiger partial charge in [-0.05, 0) is 55.3 Å². The topological polar surface area (TPSA) is 71.3 Å². The van der Waals surface area contributed by atoms with Crippen molar-refractivity contribution in [2.75, 3.05) is 11.9 Å². The molecule has 144 valence electrons. The highest BCUT2D eigenvalue weighted by molar-refractivity contribution is 6.42. The van der Waals surface area contributed by atoms with Gasteiger partial charge in [-0.25, -0.2) is 4.79 Å². The van der Waals surface area contributed by atoms with Gasteiger partial charge in [0.2, 0.25) is 11.7 Å². The number of carbonyl (C=O) groups is 1. The van der Waals surface area contributed by atoms with E-state index in [1.807, 2.05) is 12.1 Å². The Balaban J connectivity index is 1.51. The minimum Gasteiger partial charge on any atom is -0.337 e. The number of nitrogens with zero attached hydrogens (tertiary/aromatic N) is 3. The van der Waals surface area contributed by atoms with Crippen molar-refractivity contribution in [1.29, 1.82) is 0 Å². The van der Waals surface area contributed by atoms with Crippen LogP contribution in [0.4, 0.5) is 10.5 Å². The van der Waals surface area contributed by atoms with Gasteiger partial charge in [-0.1, -0.05) is 40.0 Å². The summed E-state index contributed by atoms with van der Waals surface area (Å²) < 4.78 is 5.44. The number of aromatic nitrogens is 2. The molecule has 1 N–H and O–H groups in total. The Morgan fingerprint density at radius 1 is 1.11 bits per heavy atom. The highest BCUT2D eigenvalue weighted by atomic mass is 35.5. The fourth-order valence-corrected chi connectivity index (χ4v) is 3.55. The number of benzene rings is 2. The zero-order valence-electron chi connectivity index (χ0n) is 14.5. The standard InChI is InChI=1S/C19H15Cl3N4O2/c20-12-5-3-11(4-6-12)17-24-18(28-25-17)16-2-1-9-26(16)19(27)23-13-7-8-14(21)15(22)10-13/h3-8,10,16H,1-2,9H2,(H,23,27). The average molecular weight is 438 g/mol. The van der Waals surface area contributed by atoms with Gasteiger partial charge in [0.1, 0.15) is 6.04 Å². The lowest BCUT2D eigenvalue weighted by Crippen LogP contribution is -2.34. The molecule has 1 aliphatic heterocycles. The fraction of sp³-hybridized carbons (Fsp3) is 0.211. The van der Waals surface area contributed by atoms with Gasteiger partial charge < -0.3 is 14.7 Å². The molecule has 0 radical (unpaired) electrons. The third-order valence-electron chi connectivity index (χ3n) is 4.51. The van der Waals surface area contributed by atoms with Crippen LogP contribution in [0.3, 0.4) is 0 Å². The number of amides is 2. The molecule has 3 aromatic rings. The lowest BCUT2D eigenvalue weighted by atomic mass is 10.2. The van der Waals surface area contributed by atoms with Crippen LogP contribution in [0.15, 0.2) is 47.0 Å². The molecular formula is C19H15Cl3N4O2. The van der Waals surface area contributed by atoms with E-state index in [0.717, 1.165) is 18.4 Å². The van der Waals surface area contributed by atoms with Crippen LogP contribution in [0, 0.1) is 0 Å². The number of urea groups is 1. The van der Waals surface area contributed by atoms with E-state index in [1.165, 1.54) is 0 Å². The molecule has 0 bridgehead atoms. The molecule has 4 rings (SSSR count). The van der Waals surface area contributed by atoms with Crippen molar-refractivity contribution in [2.24, 2.45) is 0 Å². The van der Waals surface area contributed by atoms with Crippen LogP contribution in [-0.4, -0.2) is 27.6 Å². The number of nitrogens with one attached hydrogen (secondary N) is 1. The minimum atomic E-state index is -0.281. The third kappa shape index (κ3) is 3.94. The molecule has 2 heterocycles. The smallest absolute Gasteiger partial charge is 0.322 e. The molecule has 6 nitrogen and oxygen atoms in total. The van der Waals surface area contributed by atoms with E-state index in [9.17, 15) is 4.79 Å². The van der Waals surface area contributed by atoms with E-state index in [1.54, 1.807) is 35.2 Å². The molecule has 1 aliphatic rings. The van der Waals surface area contributed by atoms with Gasteiger partial charge in [0.05, 0.1) is 10.0 Å². The second kappa shape index (κ2) is 7.99. The van der Waals surface area contributed by atoms with Gasteiger partial charge in [0.15, 0.2) is 0 Å². The third-order valence-corrected chi connectivity index (χ3v) is 5.50. The fourth-order valence-electron chi connectivity index (χ4n) is 3.12. The van der Waals surface area contributed by atoms with Crippen LogP contribution >= 0.6 is 34.8 Å². The normalized spacial score (nSPS) is 16.4. The molecular weight excluding hydrogens is 423 g/mol. The Morgan fingerprint density at radius 3 is 2.64 bits per heavy atom. The van der Waals surface area contributed by atoms with Crippen LogP contribution in [0.2, 0.25) is 15.1 Å². The number of rotatable bonds is 3. The van der Waals surface area contributed by atoms with Gasteiger partial charge in [-0.2, -0.15) is 4.98 Å². The van der Waals surface area contributed by atoms with Gasteiger partial charge in [0, 0.05) is 22.8 Å². The van der Waals surface area contributed by atoms with E-state index >= 15 is 0 Å². The first-order valence-corrected chi connectivity index (χ1v) is 9.77. The molecule has 1 unspecified atom stereocenters. The zero-order valence-corrected chi connectivity index (χ0v) is 16.8. The molecule has 0 aliphatic carbocycles. The van der Waals surface area contributed by atoms with Crippen molar-refractivity contribution in [1.82, 2.24) is 15.0 Å². The number of hydrogen-bond acceptors (Lipinski definition) is 4. The molecule has 1 aromatic heterocycles. The quantitative estimate of drug-likeness (QED) is 0.540. The van der Waals surface area contributed by atoms with E-state index in [4.69, 9.17) is 39.3 Å². The van der Waals surface area contributed by atoms with Gasteiger partial charge in [-0.15, -0.1) is 0 Å². The summed E-state index contributed by atoms with van der Waals surface area (Å²) in [6, 6.07) is 11.6. The second-order valence-corrected chi connectivity index (χ2v) is 7.62. The number of likely N-dealkylation sites (tertiary alicyclic amines) is 1. The van der Waals surface area contributed by atoms with Crippen molar-refractivity contribution in [3.63, 3.8) is 0 Å². The summed E-state index contributed by atoms with van der Waals surface area (Å²) >= 11 is 17.8. The number of hydrogen-bond donors (Lipinski definition) is 1. The maximum atomic E-state index is 12.7. The first kappa shape index (κ1) is 19.1. The summed E-state index contributed by atoms with van der Waals surface area (Å²) in [5, 5.41) is 8.32. The van der Waals surface area contributed by atoms with E-state index < -0.39 is 0 Å². The summed E-state index contributed by atoms with van der Waals surface area (Å²) in [6.45, 7) is 0.594. The van der Waals surface area contributed by atoms with Crippen LogP contribution in [0.1, 0.15) is 24.8 Å². The molecule has 9 heteroatoms. The van der Waals surface area contributed by atoms with Crippen LogP contribution < -0.4 is 5.32 Å². The number of halogens is 3. The number of anilines is 1. The molecule has 1 saturated heterocycles. The van der Waals surface area contributed by atoms with Crippen molar-refractivity contribution in [3.8, 4) is 11.4 Å². The van der Waals surface area contributed by atoms with E-state index in [0.29, 0.717) is 39.0 Å². The molecule has 28 heavy (non-hydrogen) atoms. The minimum absolute atomic E-state index is 0.257. The van der Waals surface area contributed by atoms with Crippen LogP contribution in [0.5, 0.6) is 0 Å². The first-order valence-electron chi connectivity index (χ1n) is 8.63. The Labute approximate surface area is 176 Å². The monoisotopic (exact) mass is 436 g/mol. The summed E-state index contributed by atoms with van der Waals surface area (Å²) in [6.07, 6.45) is 1.59. The summed E-state index contributed by atoms with van der Waals surface area (Å²) in [7, 11) is 0. The first-order chi connectivity index (χ1) is 13.5. The van der Waals surface area contributed by atoms with Gasteiger partial charge >= 0.3 is 6.03 Å². The van der Waals surface area contributed by atoms with Crippen molar-refractivity contribution >= 4 is 46.5 Å². The molecule has 2 amide bonds. The van der Waals surface area contributed by atoms with Gasteiger partial charge in [-0.3, -0.25) is 0 Å². The second-order valence-electron chi connectivity index (χ2n) is 6.37. The van der Waals surface area contributed by atoms with Crippen molar-refractivity contribution in [2.45, 2.75) is 18.9 Å². The Bertz CT molecular complexity index is 1010. The SMILES string of the molecule is O=C(Nc1ccc(Cl)c(Cl)c1)N1CCCC1c1nc(-c2ccc(Cl)cc2)no1. The Kier molecular flexibility index (Phi) is 5.44. The van der Waals surface area contributed by atoms with E-state index in [2.05, 4.69) is 15.5 Å². The average Bonchev–Trinajstić information content (AvgIpc) is 3.34. The number of carbonyl (C=O) groups excluding carboxylic acids is 1. The van der Waals surface area contributed by atoms with Crippen molar-refractivity contribution in [3.05, 3.63) is 63.4 Å². The lowest BCUT2D eigenvalue weighted by molar-refractivity contribution is 0.193. The lowest BCUT2D eigenvalue weighted by Gasteiger charge is -2.22. The predicted molar refractivity (Wildman–Crippen MR) is 109 cm³/mol. The molecule has 0 saturated carbocycles. The van der Waals surface area contributed by atoms with Crippen molar-refractivity contribution < 1.29 is 9.32 Å². The molecule has 1 atom stereocenters. The highest BCUT2D eigenvalue weighted by Crippen LogP contribution is 2.33. The predicted octanol–water partition coefficient (Wildman–Crippen LogP) is 6.07.